The Morgan fingerprint density at radius 1 is 0.420 bits per heavy atom. The number of alkyl halides is 12. The molecular weight excluding hydrogens is 1360 g/mol. The lowest BCUT2D eigenvalue weighted by atomic mass is 10.1. The van der Waals surface area contributed by atoms with Gasteiger partial charge in [0.15, 0.2) is 24.4 Å². The number of aliphatic hydroxyl groups is 3. The molecule has 3 unspecified atom stereocenters. The van der Waals surface area contributed by atoms with Crippen LogP contribution in [0.4, 0.5) is 52.7 Å². The molecule has 5 atom stereocenters. The molecule has 1 aliphatic rings. The number of benzene rings is 4. The van der Waals surface area contributed by atoms with Gasteiger partial charge in [-0.3, -0.25) is 18.7 Å². The standard InChI is InChI=1S/C16H15F3N2O4.3C16H17F3N2O4/c1-23-15(22)14-13(25-14)11-4-2-3-5-12(11)24-8-10-6-7-20-21(10)9-16(17,18)19;3*1-24-15(23)13(22)8-11-4-2-3-5-14(11)25-9-12-6-7-20-21(12)10-16(17,18)19/h2-7,13-14H,8-9H2,1H3;3*2-7,13,22H,8-10H2,1H3/t;2*13-;/m.10./s1/i8D2;3*9D2. The van der Waals surface area contributed by atoms with Crippen LogP contribution in [0.5, 0.6) is 23.0 Å². The largest absolute Gasteiger partial charge is 0.487 e. The molecule has 8 aromatic rings. The summed E-state index contributed by atoms with van der Waals surface area (Å²) in [4.78, 5) is 45.7. The van der Waals surface area contributed by atoms with E-state index in [2.05, 4.69) is 39.3 Å². The molecule has 0 radical (unpaired) electrons. The third kappa shape index (κ3) is 25.9. The van der Waals surface area contributed by atoms with Gasteiger partial charge < -0.3 is 58.0 Å². The zero-order valence-corrected chi connectivity index (χ0v) is 52.5. The highest BCUT2D eigenvalue weighted by Gasteiger charge is 2.48. The van der Waals surface area contributed by atoms with Crippen LogP contribution in [-0.2, 0) is 115 Å². The fourth-order valence-electron chi connectivity index (χ4n) is 8.34. The first-order chi connectivity index (χ1) is 50.2. The van der Waals surface area contributed by atoms with Crippen molar-refractivity contribution >= 4 is 23.9 Å². The topological polar surface area (TPSA) is 287 Å². The second-order valence-electron chi connectivity index (χ2n) is 20.4. The van der Waals surface area contributed by atoms with E-state index in [1.165, 1.54) is 67.8 Å². The van der Waals surface area contributed by atoms with Crippen molar-refractivity contribution in [1.29, 1.82) is 0 Å². The number of methoxy groups -OCH3 is 4. The van der Waals surface area contributed by atoms with Gasteiger partial charge in [0, 0.05) is 49.6 Å². The van der Waals surface area contributed by atoms with E-state index in [1.54, 1.807) is 36.4 Å². The third-order valence-corrected chi connectivity index (χ3v) is 13.0. The van der Waals surface area contributed by atoms with Gasteiger partial charge in [-0.1, -0.05) is 72.8 Å². The van der Waals surface area contributed by atoms with Crippen molar-refractivity contribution in [3.63, 3.8) is 0 Å². The van der Waals surface area contributed by atoms with Crippen molar-refractivity contribution in [2.75, 3.05) is 28.4 Å². The number of nitrogens with zero attached hydrogens (tertiary/aromatic N) is 8. The predicted octanol–water partition coefficient (Wildman–Crippen LogP) is 8.94. The molecule has 0 spiro atoms. The number of halogens is 12. The average molecular weight is 1440 g/mol. The molecule has 1 aliphatic heterocycles. The molecule has 5 heterocycles. The molecule has 542 valence electrons. The fourth-order valence-corrected chi connectivity index (χ4v) is 8.34. The Kier molecular flexibility index (Phi) is 24.5. The quantitative estimate of drug-likeness (QED) is 0.0187. The number of ether oxygens (including phenoxy) is 9. The van der Waals surface area contributed by atoms with Crippen molar-refractivity contribution in [3.05, 3.63) is 191 Å². The second-order valence-corrected chi connectivity index (χ2v) is 20.4. The van der Waals surface area contributed by atoms with Crippen LogP contribution in [0.2, 0.25) is 0 Å². The maximum atomic E-state index is 12.7. The van der Waals surface area contributed by atoms with Gasteiger partial charge in [0.05, 0.1) is 62.2 Å². The van der Waals surface area contributed by atoms with Crippen LogP contribution >= 0.6 is 0 Å². The van der Waals surface area contributed by atoms with Crippen molar-refractivity contribution in [1.82, 2.24) is 39.1 Å². The van der Waals surface area contributed by atoms with Crippen LogP contribution in [0.15, 0.2) is 146 Å². The summed E-state index contributed by atoms with van der Waals surface area (Å²) in [6.07, 6.45) is -20.8. The van der Waals surface area contributed by atoms with Gasteiger partial charge in [-0.2, -0.15) is 73.1 Å². The van der Waals surface area contributed by atoms with E-state index in [0.29, 0.717) is 24.3 Å². The monoisotopic (exact) mass is 1440 g/mol. The Labute approximate surface area is 572 Å². The number of epoxide rings is 1. The number of esters is 4. The zero-order chi connectivity index (χ0) is 80.5. The molecular formula is C64H66F12N8O16. The van der Waals surface area contributed by atoms with E-state index in [4.69, 9.17) is 34.7 Å². The molecule has 0 amide bonds. The van der Waals surface area contributed by atoms with Gasteiger partial charge in [-0.25, -0.2) is 19.2 Å². The van der Waals surface area contributed by atoms with Gasteiger partial charge in [0.1, 0.15) is 81.5 Å². The molecule has 3 N–H and O–H groups in total. The summed E-state index contributed by atoms with van der Waals surface area (Å²) in [6.45, 7) is -16.4. The van der Waals surface area contributed by atoms with Crippen LogP contribution in [0.1, 0.15) is 62.1 Å². The molecule has 0 bridgehead atoms. The van der Waals surface area contributed by atoms with Gasteiger partial charge in [0.25, 0.3) is 0 Å². The summed E-state index contributed by atoms with van der Waals surface area (Å²) in [5.41, 5.74) is -0.451. The fraction of sp³-hybridized carbons (Fsp3) is 0.375. The molecule has 1 fully saturated rings. The van der Waals surface area contributed by atoms with E-state index >= 15 is 0 Å². The Morgan fingerprint density at radius 3 is 0.950 bits per heavy atom. The lowest BCUT2D eigenvalue weighted by molar-refractivity contribution is -0.150. The Bertz CT molecular complexity index is 3960. The van der Waals surface area contributed by atoms with E-state index in [-0.39, 0.29) is 59.0 Å². The Balaban J connectivity index is 0.000000225. The molecule has 36 heteroatoms. The highest BCUT2D eigenvalue weighted by Crippen LogP contribution is 2.43. The van der Waals surface area contributed by atoms with Crippen molar-refractivity contribution in [2.45, 2.75) is 127 Å². The minimum atomic E-state index is -4.58. The molecule has 0 aliphatic carbocycles. The first-order valence-electron chi connectivity index (χ1n) is 32.7. The number of carbonyl (C=O) groups is 4. The lowest BCUT2D eigenvalue weighted by Crippen LogP contribution is -2.24. The molecule has 100 heavy (non-hydrogen) atoms. The SMILES string of the molecule is [2H]C([2H])(Oc1ccccc1C1OC1C(=O)OC)c1ccnn1CC(F)(F)F.[2H]C([2H])(Oc1ccccc1CC(O)C(=O)OC)c1ccnn1CC(F)(F)F.[2H]C([2H])(Oc1ccccc1C[C@@H](O)C(=O)OC)c1ccnn1CC(F)(F)F.[2H]C([2H])(Oc1ccccc1C[C@H](O)C(=O)OC)c1ccnn1CC(F)(F)F. The number of hydrogen-bond acceptors (Lipinski definition) is 20. The summed E-state index contributed by atoms with van der Waals surface area (Å²) in [5.74, 6) is -3.29. The molecule has 4 aromatic carbocycles. The average Bonchev–Trinajstić information content (AvgIpc) is 1.61. The lowest BCUT2D eigenvalue weighted by Gasteiger charge is -2.15. The Morgan fingerprint density at radius 2 is 0.680 bits per heavy atom. The first kappa shape index (κ1) is 67.0. The number of aromatic nitrogens is 8. The highest BCUT2D eigenvalue weighted by molar-refractivity contribution is 5.78. The number of carbonyl (C=O) groups excluding carboxylic acids is 4. The maximum Gasteiger partial charge on any atom is 0.408 e. The Hall–Kier alpha value is -10.2. The number of aliphatic hydroxyl groups excluding tert-OH is 3. The normalized spacial score (nSPS) is 16.1. The number of para-hydroxylation sites is 4. The molecule has 4 aromatic heterocycles. The zero-order valence-electron chi connectivity index (χ0n) is 60.5. The van der Waals surface area contributed by atoms with E-state index in [1.807, 2.05) is 0 Å². The maximum absolute atomic E-state index is 12.7. The van der Waals surface area contributed by atoms with Gasteiger partial charge in [0.2, 0.25) is 0 Å². The molecule has 1 saturated heterocycles. The van der Waals surface area contributed by atoms with E-state index in [9.17, 15) is 87.2 Å². The van der Waals surface area contributed by atoms with Crippen LogP contribution in [0.3, 0.4) is 0 Å². The summed E-state index contributed by atoms with van der Waals surface area (Å²) in [7, 11) is 4.53. The van der Waals surface area contributed by atoms with Crippen LogP contribution < -0.4 is 18.9 Å². The number of rotatable bonds is 27. The van der Waals surface area contributed by atoms with Gasteiger partial charge in [-0.15, -0.1) is 0 Å². The second kappa shape index (κ2) is 36.6. The van der Waals surface area contributed by atoms with Crippen LogP contribution in [-0.4, -0.2) is 156 Å². The first-order valence-corrected chi connectivity index (χ1v) is 28.7. The molecule has 24 nitrogen and oxygen atoms in total. The minimum Gasteiger partial charge on any atom is -0.487 e. The van der Waals surface area contributed by atoms with Crippen LogP contribution in [0, 0.1) is 0 Å². The van der Waals surface area contributed by atoms with Crippen molar-refractivity contribution < 1.29 is 141 Å². The molecule has 9 rings (SSSR count). The summed E-state index contributed by atoms with van der Waals surface area (Å²) >= 11 is 0. The van der Waals surface area contributed by atoms with Crippen LogP contribution in [0.25, 0.3) is 0 Å². The summed E-state index contributed by atoms with van der Waals surface area (Å²) in [6, 6.07) is 28.5. The summed E-state index contributed by atoms with van der Waals surface area (Å²) in [5, 5.41) is 43.3. The summed E-state index contributed by atoms with van der Waals surface area (Å²) < 4.78 is 262. The minimum absolute atomic E-state index is 0.0368. The third-order valence-electron chi connectivity index (χ3n) is 13.0. The highest BCUT2D eigenvalue weighted by atomic mass is 19.4. The van der Waals surface area contributed by atoms with Gasteiger partial charge in [-0.05, 0) is 65.2 Å². The van der Waals surface area contributed by atoms with E-state index < -0.39 is 154 Å². The van der Waals surface area contributed by atoms with E-state index in [0.717, 1.165) is 70.4 Å². The van der Waals surface area contributed by atoms with Crippen molar-refractivity contribution in [3.8, 4) is 23.0 Å². The number of hydrogen-bond donors (Lipinski definition) is 3. The molecule has 0 saturated carbocycles. The smallest absolute Gasteiger partial charge is 0.408 e. The predicted molar refractivity (Wildman–Crippen MR) is 321 cm³/mol. The van der Waals surface area contributed by atoms with Crippen molar-refractivity contribution in [2.24, 2.45) is 0 Å². The van der Waals surface area contributed by atoms with Gasteiger partial charge >= 0.3 is 48.6 Å².